The highest BCUT2D eigenvalue weighted by Crippen LogP contribution is 2.18. The SMILES string of the molecule is Cc1cc([N+](=O)[O-])cnc1NC(=O)C(C)C. The van der Waals surface area contributed by atoms with Crippen LogP contribution in [0.4, 0.5) is 11.5 Å². The predicted molar refractivity (Wildman–Crippen MR) is 59.1 cm³/mol. The number of anilines is 1. The molecule has 0 spiro atoms. The lowest BCUT2D eigenvalue weighted by Crippen LogP contribution is -2.19. The van der Waals surface area contributed by atoms with Crippen molar-refractivity contribution in [1.29, 1.82) is 0 Å². The van der Waals surface area contributed by atoms with Crippen LogP contribution in [-0.2, 0) is 4.79 Å². The second-order valence-corrected chi connectivity index (χ2v) is 3.76. The first-order chi connectivity index (χ1) is 7.41. The number of nitro groups is 1. The van der Waals surface area contributed by atoms with Gasteiger partial charge in [0.25, 0.3) is 5.69 Å². The number of pyridine rings is 1. The van der Waals surface area contributed by atoms with E-state index < -0.39 is 4.92 Å². The van der Waals surface area contributed by atoms with Crippen LogP contribution in [0, 0.1) is 23.0 Å². The normalized spacial score (nSPS) is 10.2. The van der Waals surface area contributed by atoms with Crippen molar-refractivity contribution in [2.45, 2.75) is 20.8 Å². The van der Waals surface area contributed by atoms with Gasteiger partial charge < -0.3 is 5.32 Å². The summed E-state index contributed by atoms with van der Waals surface area (Å²) >= 11 is 0. The van der Waals surface area contributed by atoms with E-state index in [1.165, 1.54) is 6.07 Å². The Balaban J connectivity index is 2.91. The molecule has 0 saturated carbocycles. The molecule has 0 aliphatic rings. The van der Waals surface area contributed by atoms with Gasteiger partial charge in [0, 0.05) is 12.0 Å². The highest BCUT2D eigenvalue weighted by atomic mass is 16.6. The fraction of sp³-hybridized carbons (Fsp3) is 0.400. The van der Waals surface area contributed by atoms with Gasteiger partial charge in [-0.1, -0.05) is 13.8 Å². The smallest absolute Gasteiger partial charge is 0.287 e. The molecule has 86 valence electrons. The fourth-order valence-electron chi connectivity index (χ4n) is 1.05. The molecular weight excluding hydrogens is 210 g/mol. The van der Waals surface area contributed by atoms with Crippen molar-refractivity contribution >= 4 is 17.4 Å². The van der Waals surface area contributed by atoms with E-state index in [1.807, 2.05) is 0 Å². The molecule has 0 aromatic carbocycles. The number of amides is 1. The van der Waals surface area contributed by atoms with Crippen LogP contribution in [0.25, 0.3) is 0 Å². The van der Waals surface area contributed by atoms with E-state index >= 15 is 0 Å². The molecule has 1 aromatic rings. The minimum absolute atomic E-state index is 0.0833. The minimum Gasteiger partial charge on any atom is -0.310 e. The van der Waals surface area contributed by atoms with E-state index in [9.17, 15) is 14.9 Å². The summed E-state index contributed by atoms with van der Waals surface area (Å²) in [6.07, 6.45) is 1.13. The number of nitrogens with one attached hydrogen (secondary N) is 1. The van der Waals surface area contributed by atoms with Gasteiger partial charge in [-0.3, -0.25) is 14.9 Å². The van der Waals surface area contributed by atoms with Gasteiger partial charge in [0.15, 0.2) is 0 Å². The Morgan fingerprint density at radius 1 is 1.56 bits per heavy atom. The van der Waals surface area contributed by atoms with E-state index in [0.29, 0.717) is 11.4 Å². The summed E-state index contributed by atoms with van der Waals surface area (Å²) in [5.74, 6) is 0.0464. The van der Waals surface area contributed by atoms with E-state index in [-0.39, 0.29) is 17.5 Å². The first-order valence-electron chi connectivity index (χ1n) is 4.83. The molecule has 0 bridgehead atoms. The number of rotatable bonds is 3. The van der Waals surface area contributed by atoms with Crippen molar-refractivity contribution < 1.29 is 9.72 Å². The molecule has 0 unspecified atom stereocenters. The molecule has 0 atom stereocenters. The summed E-state index contributed by atoms with van der Waals surface area (Å²) in [7, 11) is 0. The van der Waals surface area contributed by atoms with Gasteiger partial charge in [-0.25, -0.2) is 4.98 Å². The van der Waals surface area contributed by atoms with Crippen molar-refractivity contribution in [2.24, 2.45) is 5.92 Å². The van der Waals surface area contributed by atoms with Crippen LogP contribution in [0.5, 0.6) is 0 Å². The van der Waals surface area contributed by atoms with Gasteiger partial charge in [-0.2, -0.15) is 0 Å². The maximum absolute atomic E-state index is 11.4. The topological polar surface area (TPSA) is 85.1 Å². The first kappa shape index (κ1) is 12.1. The summed E-state index contributed by atoms with van der Waals surface area (Å²) < 4.78 is 0. The summed E-state index contributed by atoms with van der Waals surface area (Å²) in [4.78, 5) is 25.2. The van der Waals surface area contributed by atoms with Crippen LogP contribution in [0.15, 0.2) is 12.3 Å². The number of aromatic nitrogens is 1. The van der Waals surface area contributed by atoms with Crippen LogP contribution in [0.3, 0.4) is 0 Å². The van der Waals surface area contributed by atoms with Crippen LogP contribution < -0.4 is 5.32 Å². The van der Waals surface area contributed by atoms with Crippen molar-refractivity contribution in [3.63, 3.8) is 0 Å². The van der Waals surface area contributed by atoms with E-state index in [1.54, 1.807) is 20.8 Å². The minimum atomic E-state index is -0.520. The van der Waals surface area contributed by atoms with Crippen LogP contribution >= 0.6 is 0 Å². The second kappa shape index (κ2) is 4.69. The zero-order valence-corrected chi connectivity index (χ0v) is 9.35. The zero-order valence-electron chi connectivity index (χ0n) is 9.35. The Morgan fingerprint density at radius 2 is 2.19 bits per heavy atom. The third-order valence-corrected chi connectivity index (χ3v) is 2.04. The maximum atomic E-state index is 11.4. The van der Waals surface area contributed by atoms with Crippen molar-refractivity contribution in [1.82, 2.24) is 4.98 Å². The molecule has 1 N–H and O–H groups in total. The summed E-state index contributed by atoms with van der Waals surface area (Å²) in [5, 5.41) is 13.1. The molecule has 0 aliphatic heterocycles. The molecule has 1 heterocycles. The molecule has 16 heavy (non-hydrogen) atoms. The predicted octanol–water partition coefficient (Wildman–Crippen LogP) is 1.89. The van der Waals surface area contributed by atoms with Crippen LogP contribution in [0.1, 0.15) is 19.4 Å². The average molecular weight is 223 g/mol. The second-order valence-electron chi connectivity index (χ2n) is 3.76. The molecule has 1 rings (SSSR count). The lowest BCUT2D eigenvalue weighted by Gasteiger charge is -2.08. The molecular formula is C10H13N3O3. The quantitative estimate of drug-likeness (QED) is 0.626. The number of hydrogen-bond acceptors (Lipinski definition) is 4. The number of carbonyl (C=O) groups is 1. The monoisotopic (exact) mass is 223 g/mol. The molecule has 0 aliphatic carbocycles. The van der Waals surface area contributed by atoms with Gasteiger partial charge in [-0.05, 0) is 12.5 Å². The van der Waals surface area contributed by atoms with Crippen LogP contribution in [-0.4, -0.2) is 15.8 Å². The highest BCUT2D eigenvalue weighted by Gasteiger charge is 2.13. The van der Waals surface area contributed by atoms with E-state index in [0.717, 1.165) is 6.20 Å². The van der Waals surface area contributed by atoms with E-state index in [4.69, 9.17) is 0 Å². The average Bonchev–Trinajstić information content (AvgIpc) is 2.20. The largest absolute Gasteiger partial charge is 0.310 e. The molecule has 0 radical (unpaired) electrons. The Bertz CT molecular complexity index is 429. The Morgan fingerprint density at radius 3 is 2.62 bits per heavy atom. The maximum Gasteiger partial charge on any atom is 0.287 e. The van der Waals surface area contributed by atoms with Crippen LogP contribution in [0.2, 0.25) is 0 Å². The third-order valence-electron chi connectivity index (χ3n) is 2.04. The molecule has 0 fully saturated rings. The molecule has 0 saturated heterocycles. The van der Waals surface area contributed by atoms with Crippen molar-refractivity contribution in [3.05, 3.63) is 27.9 Å². The highest BCUT2D eigenvalue weighted by molar-refractivity contribution is 5.91. The van der Waals surface area contributed by atoms with Gasteiger partial charge in [0.05, 0.1) is 4.92 Å². The Kier molecular flexibility index (Phi) is 3.55. The third kappa shape index (κ3) is 2.75. The lowest BCUT2D eigenvalue weighted by molar-refractivity contribution is -0.385. The van der Waals surface area contributed by atoms with Crippen molar-refractivity contribution in [3.8, 4) is 0 Å². The Labute approximate surface area is 92.8 Å². The van der Waals surface area contributed by atoms with E-state index in [2.05, 4.69) is 10.3 Å². The number of hydrogen-bond donors (Lipinski definition) is 1. The van der Waals surface area contributed by atoms with Gasteiger partial charge in [0.2, 0.25) is 5.91 Å². The number of carbonyl (C=O) groups excluding carboxylic acids is 1. The molecule has 1 amide bonds. The first-order valence-corrected chi connectivity index (χ1v) is 4.83. The number of aryl methyl sites for hydroxylation is 1. The lowest BCUT2D eigenvalue weighted by atomic mass is 10.2. The van der Waals surface area contributed by atoms with Crippen molar-refractivity contribution in [2.75, 3.05) is 5.32 Å². The Hall–Kier alpha value is -1.98. The summed E-state index contributed by atoms with van der Waals surface area (Å²) in [6.45, 7) is 5.18. The van der Waals surface area contributed by atoms with Gasteiger partial charge in [-0.15, -0.1) is 0 Å². The fourth-order valence-corrected chi connectivity index (χ4v) is 1.05. The van der Waals surface area contributed by atoms with Gasteiger partial charge >= 0.3 is 0 Å². The molecule has 6 nitrogen and oxygen atoms in total. The number of nitrogens with zero attached hydrogens (tertiary/aromatic N) is 2. The molecule has 1 aromatic heterocycles. The zero-order chi connectivity index (χ0) is 12.3. The summed E-state index contributed by atoms with van der Waals surface area (Å²) in [5.41, 5.74) is 0.489. The summed E-state index contributed by atoms with van der Waals surface area (Å²) in [6, 6.07) is 1.38. The standard InChI is InChI=1S/C10H13N3O3/c1-6(2)10(14)12-9-7(3)4-8(5-11-9)13(15)16/h4-6H,1-3H3,(H,11,12,14). The van der Waals surface area contributed by atoms with Gasteiger partial charge in [0.1, 0.15) is 12.0 Å². The molecule has 6 heteroatoms.